The molecule has 158 valence electrons. The van der Waals surface area contributed by atoms with Crippen molar-refractivity contribution in [1.82, 2.24) is 19.7 Å². The molecular weight excluding hydrogens is 414 g/mol. The maximum Gasteiger partial charge on any atom is 0.311 e. The van der Waals surface area contributed by atoms with Crippen LogP contribution in [0.4, 0.5) is 5.13 Å². The number of rotatable bonds is 6. The average molecular weight is 436 g/mol. The minimum absolute atomic E-state index is 0.0723. The predicted octanol–water partition coefficient (Wildman–Crippen LogP) is 3.76. The van der Waals surface area contributed by atoms with Gasteiger partial charge in [-0.2, -0.15) is 5.10 Å². The molecule has 0 aliphatic rings. The molecule has 0 radical (unpaired) electrons. The molecule has 31 heavy (non-hydrogen) atoms. The fraction of sp³-hybridized carbons (Fsp3) is 0.227. The summed E-state index contributed by atoms with van der Waals surface area (Å²) in [7, 11) is 1.86. The van der Waals surface area contributed by atoms with E-state index >= 15 is 0 Å². The highest BCUT2D eigenvalue weighted by Crippen LogP contribution is 2.27. The van der Waals surface area contributed by atoms with Gasteiger partial charge >= 0.3 is 5.97 Å². The number of nitrogens with one attached hydrogen (secondary N) is 1. The van der Waals surface area contributed by atoms with Crippen molar-refractivity contribution in [2.45, 2.75) is 20.3 Å². The van der Waals surface area contributed by atoms with Crippen LogP contribution in [0.2, 0.25) is 0 Å². The van der Waals surface area contributed by atoms with Gasteiger partial charge in [0, 0.05) is 29.1 Å². The number of aromatic nitrogens is 4. The normalized spacial score (nSPS) is 10.9. The van der Waals surface area contributed by atoms with E-state index in [0.717, 1.165) is 22.2 Å². The molecule has 0 saturated heterocycles. The van der Waals surface area contributed by atoms with Crippen LogP contribution in [-0.2, 0) is 23.0 Å². The number of hydrogen-bond acceptors (Lipinski definition) is 7. The van der Waals surface area contributed by atoms with E-state index in [0.29, 0.717) is 28.7 Å². The topological polar surface area (TPSA) is 99.0 Å². The first kappa shape index (κ1) is 20.7. The van der Waals surface area contributed by atoms with Crippen LogP contribution in [0.15, 0.2) is 41.9 Å². The Morgan fingerprint density at radius 2 is 2.03 bits per heavy atom. The van der Waals surface area contributed by atoms with Crippen molar-refractivity contribution in [1.29, 1.82) is 0 Å². The van der Waals surface area contributed by atoms with Crippen molar-refractivity contribution in [3.63, 3.8) is 0 Å². The SMILES string of the molecule is CCOC(=O)Cc1csc(NC(=O)c2cc(-c3cnn(C)c3C)nc3ccccc23)n1. The number of hydrogen-bond donors (Lipinski definition) is 1. The second-order valence-corrected chi connectivity index (χ2v) is 7.78. The molecule has 0 aliphatic carbocycles. The Kier molecular flexibility index (Phi) is 5.77. The maximum atomic E-state index is 13.2. The number of esters is 1. The Morgan fingerprint density at radius 1 is 1.23 bits per heavy atom. The van der Waals surface area contributed by atoms with E-state index in [4.69, 9.17) is 9.72 Å². The van der Waals surface area contributed by atoms with E-state index in [-0.39, 0.29) is 18.3 Å². The van der Waals surface area contributed by atoms with Crippen molar-refractivity contribution in [3.8, 4) is 11.3 Å². The molecular formula is C22H21N5O3S. The van der Waals surface area contributed by atoms with Crippen LogP contribution in [0.5, 0.6) is 0 Å². The largest absolute Gasteiger partial charge is 0.466 e. The van der Waals surface area contributed by atoms with Gasteiger partial charge in [-0.15, -0.1) is 11.3 Å². The summed E-state index contributed by atoms with van der Waals surface area (Å²) in [5.41, 5.74) is 4.27. The first-order chi connectivity index (χ1) is 15.0. The first-order valence-electron chi connectivity index (χ1n) is 9.76. The third-order valence-corrected chi connectivity index (χ3v) is 5.68. The van der Waals surface area contributed by atoms with Gasteiger partial charge in [0.05, 0.1) is 41.7 Å². The Bertz CT molecular complexity index is 1280. The highest BCUT2D eigenvalue weighted by Gasteiger charge is 2.18. The number of amides is 1. The van der Waals surface area contributed by atoms with Crippen LogP contribution in [0, 0.1) is 6.92 Å². The number of fused-ring (bicyclic) bond motifs is 1. The monoisotopic (exact) mass is 435 g/mol. The molecule has 0 aliphatic heterocycles. The summed E-state index contributed by atoms with van der Waals surface area (Å²) in [6.07, 6.45) is 1.82. The van der Waals surface area contributed by atoms with Gasteiger partial charge in [0.1, 0.15) is 0 Å². The van der Waals surface area contributed by atoms with Crippen molar-refractivity contribution in [3.05, 3.63) is 58.9 Å². The van der Waals surface area contributed by atoms with Gasteiger partial charge in [0.25, 0.3) is 5.91 Å². The number of pyridine rings is 1. The lowest BCUT2D eigenvalue weighted by Gasteiger charge is -2.09. The van der Waals surface area contributed by atoms with Crippen molar-refractivity contribution >= 4 is 39.2 Å². The zero-order valence-electron chi connectivity index (χ0n) is 17.4. The summed E-state index contributed by atoms with van der Waals surface area (Å²) in [5.74, 6) is -0.638. The van der Waals surface area contributed by atoms with Crippen LogP contribution in [0.3, 0.4) is 0 Å². The first-order valence-corrected chi connectivity index (χ1v) is 10.6. The fourth-order valence-electron chi connectivity index (χ4n) is 3.22. The highest BCUT2D eigenvalue weighted by molar-refractivity contribution is 7.14. The second kappa shape index (κ2) is 8.65. The van der Waals surface area contributed by atoms with Gasteiger partial charge < -0.3 is 4.74 Å². The smallest absolute Gasteiger partial charge is 0.311 e. The molecule has 0 spiro atoms. The minimum atomic E-state index is -0.345. The molecule has 0 bridgehead atoms. The summed E-state index contributed by atoms with van der Waals surface area (Å²) in [4.78, 5) is 33.9. The van der Waals surface area contributed by atoms with Crippen LogP contribution >= 0.6 is 11.3 Å². The van der Waals surface area contributed by atoms with Gasteiger partial charge in [-0.25, -0.2) is 9.97 Å². The lowest BCUT2D eigenvalue weighted by atomic mass is 10.0. The van der Waals surface area contributed by atoms with Crippen LogP contribution in [0.25, 0.3) is 22.2 Å². The van der Waals surface area contributed by atoms with Gasteiger partial charge in [-0.1, -0.05) is 18.2 Å². The van der Waals surface area contributed by atoms with Crippen molar-refractivity contribution in [2.24, 2.45) is 7.05 Å². The average Bonchev–Trinajstić information content (AvgIpc) is 3.33. The van der Waals surface area contributed by atoms with E-state index in [1.165, 1.54) is 11.3 Å². The van der Waals surface area contributed by atoms with Crippen LogP contribution < -0.4 is 5.32 Å². The van der Waals surface area contributed by atoms with Crippen LogP contribution in [-0.4, -0.2) is 38.2 Å². The molecule has 0 fully saturated rings. The lowest BCUT2D eigenvalue weighted by molar-refractivity contribution is -0.142. The van der Waals surface area contributed by atoms with Crippen LogP contribution in [0.1, 0.15) is 28.7 Å². The fourth-order valence-corrected chi connectivity index (χ4v) is 3.93. The Morgan fingerprint density at radius 3 is 2.77 bits per heavy atom. The minimum Gasteiger partial charge on any atom is -0.466 e. The molecule has 9 heteroatoms. The molecule has 1 amide bonds. The summed E-state index contributed by atoms with van der Waals surface area (Å²) in [6, 6.07) is 9.28. The molecule has 4 aromatic rings. The number of para-hydroxylation sites is 1. The van der Waals surface area contributed by atoms with E-state index in [1.807, 2.05) is 38.2 Å². The second-order valence-electron chi connectivity index (χ2n) is 6.92. The summed E-state index contributed by atoms with van der Waals surface area (Å²) >= 11 is 1.26. The van der Waals surface area contributed by atoms with Gasteiger partial charge in [-0.05, 0) is 26.0 Å². The van der Waals surface area contributed by atoms with Gasteiger partial charge in [-0.3, -0.25) is 19.6 Å². The maximum absolute atomic E-state index is 13.2. The van der Waals surface area contributed by atoms with E-state index < -0.39 is 0 Å². The molecule has 1 N–H and O–H groups in total. The van der Waals surface area contributed by atoms with Gasteiger partial charge in [0.15, 0.2) is 5.13 Å². The number of nitrogens with zero attached hydrogens (tertiary/aromatic N) is 4. The zero-order chi connectivity index (χ0) is 22.0. The summed E-state index contributed by atoms with van der Waals surface area (Å²) in [5, 5.41) is 10.0. The number of benzene rings is 1. The number of carbonyl (C=O) groups excluding carboxylic acids is 2. The van der Waals surface area contributed by atoms with Gasteiger partial charge in [0.2, 0.25) is 0 Å². The van der Waals surface area contributed by atoms with E-state index in [1.54, 1.807) is 29.2 Å². The number of carbonyl (C=O) groups is 2. The Labute approximate surface area is 182 Å². The van der Waals surface area contributed by atoms with Crippen molar-refractivity contribution < 1.29 is 14.3 Å². The highest BCUT2D eigenvalue weighted by atomic mass is 32.1. The van der Waals surface area contributed by atoms with Crippen molar-refractivity contribution in [2.75, 3.05) is 11.9 Å². The molecule has 0 saturated carbocycles. The number of ether oxygens (including phenoxy) is 1. The van der Waals surface area contributed by atoms with E-state index in [2.05, 4.69) is 15.4 Å². The standard InChI is InChI=1S/C22H21N5O3S/c1-4-30-20(28)9-14-12-31-22(24-14)26-21(29)16-10-19(17-11-23-27(3)13(17)2)25-18-8-6-5-7-15(16)18/h5-8,10-12H,4,9H2,1-3H3,(H,24,26,29). The molecule has 0 atom stereocenters. The molecule has 3 heterocycles. The number of thiazole rings is 1. The quantitative estimate of drug-likeness (QED) is 0.463. The molecule has 1 aromatic carbocycles. The van der Waals surface area contributed by atoms with E-state index in [9.17, 15) is 9.59 Å². The Balaban J connectivity index is 1.65. The molecule has 8 nitrogen and oxygen atoms in total. The zero-order valence-corrected chi connectivity index (χ0v) is 18.2. The third kappa shape index (κ3) is 4.31. The summed E-state index contributed by atoms with van der Waals surface area (Å²) < 4.78 is 6.72. The molecule has 3 aromatic heterocycles. The number of aryl methyl sites for hydroxylation is 1. The molecule has 0 unspecified atom stereocenters. The predicted molar refractivity (Wildman–Crippen MR) is 119 cm³/mol. The summed E-state index contributed by atoms with van der Waals surface area (Å²) in [6.45, 7) is 4.03. The lowest BCUT2D eigenvalue weighted by Crippen LogP contribution is -2.13. The Hall–Kier alpha value is -3.59. The molecule has 4 rings (SSSR count). The number of anilines is 1. The third-order valence-electron chi connectivity index (χ3n) is 4.87.